The number of ether oxygens (including phenoxy) is 1. The Morgan fingerprint density at radius 3 is 2.55 bits per heavy atom. The van der Waals surface area contributed by atoms with E-state index < -0.39 is 18.0 Å². The number of carbonyl (C=O) groups excluding carboxylic acids is 2. The van der Waals surface area contributed by atoms with E-state index in [-0.39, 0.29) is 0 Å². The van der Waals surface area contributed by atoms with Crippen LogP contribution in [0.3, 0.4) is 0 Å². The van der Waals surface area contributed by atoms with Crippen molar-refractivity contribution in [2.45, 2.75) is 13.0 Å². The number of hydrogen-bond donors (Lipinski definition) is 1. The fourth-order valence-corrected chi connectivity index (χ4v) is 3.46. The molecule has 0 aliphatic rings. The third-order valence-corrected chi connectivity index (χ3v) is 5.14. The summed E-state index contributed by atoms with van der Waals surface area (Å²) in [4.78, 5) is 26.3. The van der Waals surface area contributed by atoms with Gasteiger partial charge in [-0.1, -0.05) is 42.5 Å². The van der Waals surface area contributed by atoms with Gasteiger partial charge >= 0.3 is 5.97 Å². The average molecular weight is 402 g/mol. The second-order valence-corrected chi connectivity index (χ2v) is 7.24. The Kier molecular flexibility index (Phi) is 6.56. The van der Waals surface area contributed by atoms with E-state index in [1.165, 1.54) is 13.0 Å². The number of esters is 1. The van der Waals surface area contributed by atoms with Crippen LogP contribution in [0.1, 0.15) is 17.4 Å². The lowest BCUT2D eigenvalue weighted by Crippen LogP contribution is -2.29. The van der Waals surface area contributed by atoms with Gasteiger partial charge in [-0.2, -0.15) is 5.26 Å². The number of rotatable bonds is 6. The molecular formula is C23H18N2O3S. The third-order valence-electron chi connectivity index (χ3n) is 4.04. The van der Waals surface area contributed by atoms with E-state index in [9.17, 15) is 9.59 Å². The van der Waals surface area contributed by atoms with Crippen LogP contribution < -0.4 is 5.32 Å². The first kappa shape index (κ1) is 20.1. The smallest absolute Gasteiger partial charge is 0.331 e. The Morgan fingerprint density at radius 1 is 1.07 bits per heavy atom. The number of benzene rings is 2. The highest BCUT2D eigenvalue weighted by Crippen LogP contribution is 2.28. The summed E-state index contributed by atoms with van der Waals surface area (Å²) in [7, 11) is 0. The predicted molar refractivity (Wildman–Crippen MR) is 114 cm³/mol. The van der Waals surface area contributed by atoms with Gasteiger partial charge in [0, 0.05) is 15.8 Å². The van der Waals surface area contributed by atoms with E-state index in [1.54, 1.807) is 41.7 Å². The van der Waals surface area contributed by atoms with E-state index in [4.69, 9.17) is 10.00 Å². The zero-order chi connectivity index (χ0) is 20.6. The molecule has 0 spiro atoms. The molecule has 0 fully saturated rings. The van der Waals surface area contributed by atoms with Crippen molar-refractivity contribution in [2.24, 2.45) is 0 Å². The molecule has 3 rings (SSSR count). The number of thiophene rings is 1. The standard InChI is InChI=1S/C23H18N2O3S/c1-16(23(27)25-20-10-6-5-9-18(20)15-24)28-22(26)14-12-19-11-13-21(29-19)17-7-3-2-4-8-17/h2-14,16H,1H3,(H,25,27)/b14-12+/t16-/m1/s1. The van der Waals surface area contributed by atoms with Crippen molar-refractivity contribution in [1.82, 2.24) is 0 Å². The van der Waals surface area contributed by atoms with Crippen LogP contribution >= 0.6 is 11.3 Å². The minimum Gasteiger partial charge on any atom is -0.449 e. The van der Waals surface area contributed by atoms with Gasteiger partial charge in [0.15, 0.2) is 6.10 Å². The molecule has 29 heavy (non-hydrogen) atoms. The monoisotopic (exact) mass is 402 g/mol. The topological polar surface area (TPSA) is 79.2 Å². The molecule has 0 saturated carbocycles. The van der Waals surface area contributed by atoms with Crippen molar-refractivity contribution in [2.75, 3.05) is 5.32 Å². The largest absolute Gasteiger partial charge is 0.449 e. The van der Waals surface area contributed by atoms with Crippen molar-refractivity contribution < 1.29 is 14.3 Å². The SMILES string of the molecule is C[C@@H](OC(=O)/C=C/c1ccc(-c2ccccc2)s1)C(=O)Nc1ccccc1C#N. The Balaban J connectivity index is 1.57. The fourth-order valence-electron chi connectivity index (χ4n) is 2.54. The van der Waals surface area contributed by atoms with Crippen LogP contribution in [0, 0.1) is 11.3 Å². The normalized spacial score (nSPS) is 11.6. The van der Waals surface area contributed by atoms with Gasteiger partial charge in [0.1, 0.15) is 6.07 Å². The summed E-state index contributed by atoms with van der Waals surface area (Å²) in [5.41, 5.74) is 1.83. The van der Waals surface area contributed by atoms with Gasteiger partial charge in [0.25, 0.3) is 5.91 Å². The van der Waals surface area contributed by atoms with E-state index in [0.29, 0.717) is 11.3 Å². The molecule has 144 valence electrons. The van der Waals surface area contributed by atoms with Crippen molar-refractivity contribution in [3.63, 3.8) is 0 Å². The zero-order valence-corrected chi connectivity index (χ0v) is 16.5. The first-order valence-electron chi connectivity index (χ1n) is 8.91. The zero-order valence-electron chi connectivity index (χ0n) is 15.7. The van der Waals surface area contributed by atoms with Crippen LogP contribution in [-0.2, 0) is 14.3 Å². The maximum Gasteiger partial charge on any atom is 0.331 e. The number of nitrogens with zero attached hydrogens (tertiary/aromatic N) is 1. The van der Waals surface area contributed by atoms with Gasteiger partial charge in [0.2, 0.25) is 0 Å². The molecule has 0 aliphatic carbocycles. The first-order valence-corrected chi connectivity index (χ1v) is 9.72. The molecular weight excluding hydrogens is 384 g/mol. The molecule has 1 aromatic heterocycles. The van der Waals surface area contributed by atoms with E-state index >= 15 is 0 Å². The molecule has 0 radical (unpaired) electrons. The van der Waals surface area contributed by atoms with E-state index in [2.05, 4.69) is 5.32 Å². The summed E-state index contributed by atoms with van der Waals surface area (Å²) in [6.07, 6.45) is 1.96. The molecule has 1 amide bonds. The van der Waals surface area contributed by atoms with Crippen molar-refractivity contribution in [3.05, 3.63) is 83.2 Å². The second kappa shape index (κ2) is 9.49. The van der Waals surface area contributed by atoms with E-state index in [1.807, 2.05) is 48.5 Å². The Hall–Kier alpha value is -3.69. The number of carbonyl (C=O) groups is 2. The summed E-state index contributed by atoms with van der Waals surface area (Å²) < 4.78 is 5.15. The molecule has 2 aromatic carbocycles. The van der Waals surface area contributed by atoms with Crippen molar-refractivity contribution in [3.8, 4) is 16.5 Å². The third kappa shape index (κ3) is 5.41. The molecule has 3 aromatic rings. The lowest BCUT2D eigenvalue weighted by atomic mass is 10.2. The van der Waals surface area contributed by atoms with Crippen LogP contribution in [0.2, 0.25) is 0 Å². The quantitative estimate of drug-likeness (QED) is 0.471. The molecule has 0 bridgehead atoms. The Labute approximate surface area is 172 Å². The van der Waals surface area contributed by atoms with Crippen LogP contribution in [0.4, 0.5) is 5.69 Å². The Bertz CT molecular complexity index is 1080. The summed E-state index contributed by atoms with van der Waals surface area (Å²) in [6, 6.07) is 22.5. The van der Waals surface area contributed by atoms with Crippen LogP contribution in [0.15, 0.2) is 72.8 Å². The molecule has 0 saturated heterocycles. The van der Waals surface area contributed by atoms with Crippen LogP contribution in [0.5, 0.6) is 0 Å². The second-order valence-electron chi connectivity index (χ2n) is 6.13. The molecule has 1 N–H and O–H groups in total. The van der Waals surface area contributed by atoms with Crippen molar-refractivity contribution in [1.29, 1.82) is 5.26 Å². The average Bonchev–Trinajstić information content (AvgIpc) is 3.22. The number of amides is 1. The molecule has 1 atom stereocenters. The number of para-hydroxylation sites is 1. The summed E-state index contributed by atoms with van der Waals surface area (Å²) in [6.45, 7) is 1.48. The number of hydrogen-bond acceptors (Lipinski definition) is 5. The van der Waals surface area contributed by atoms with Gasteiger partial charge in [-0.15, -0.1) is 11.3 Å². The maximum absolute atomic E-state index is 12.2. The fraction of sp³-hybridized carbons (Fsp3) is 0.0870. The molecule has 0 unspecified atom stereocenters. The molecule has 5 nitrogen and oxygen atoms in total. The van der Waals surface area contributed by atoms with Gasteiger partial charge < -0.3 is 10.1 Å². The van der Waals surface area contributed by atoms with Gasteiger partial charge in [-0.05, 0) is 42.8 Å². The Morgan fingerprint density at radius 2 is 1.79 bits per heavy atom. The minimum absolute atomic E-state index is 0.339. The van der Waals surface area contributed by atoms with Gasteiger partial charge in [-0.25, -0.2) is 4.79 Å². The number of nitriles is 1. The number of nitrogens with one attached hydrogen (secondary N) is 1. The highest BCUT2D eigenvalue weighted by Gasteiger charge is 2.17. The summed E-state index contributed by atoms with van der Waals surface area (Å²) in [5, 5.41) is 11.7. The van der Waals surface area contributed by atoms with Crippen LogP contribution in [0.25, 0.3) is 16.5 Å². The lowest BCUT2D eigenvalue weighted by molar-refractivity contribution is -0.148. The lowest BCUT2D eigenvalue weighted by Gasteiger charge is -2.13. The maximum atomic E-state index is 12.2. The minimum atomic E-state index is -0.998. The highest BCUT2D eigenvalue weighted by molar-refractivity contribution is 7.16. The molecule has 6 heteroatoms. The summed E-state index contributed by atoms with van der Waals surface area (Å²) in [5.74, 6) is -1.12. The van der Waals surface area contributed by atoms with Gasteiger partial charge in [-0.3, -0.25) is 4.79 Å². The first-order chi connectivity index (χ1) is 14.1. The highest BCUT2D eigenvalue weighted by atomic mass is 32.1. The summed E-state index contributed by atoms with van der Waals surface area (Å²) >= 11 is 1.55. The van der Waals surface area contributed by atoms with Crippen LogP contribution in [-0.4, -0.2) is 18.0 Å². The van der Waals surface area contributed by atoms with Crippen molar-refractivity contribution >= 4 is 35.0 Å². The van der Waals surface area contributed by atoms with E-state index in [0.717, 1.165) is 15.3 Å². The number of anilines is 1. The van der Waals surface area contributed by atoms with Gasteiger partial charge in [0.05, 0.1) is 11.3 Å². The predicted octanol–water partition coefficient (Wildman–Crippen LogP) is 4.87. The molecule has 0 aliphatic heterocycles. The molecule has 1 heterocycles.